The number of pyridine rings is 1. The van der Waals surface area contributed by atoms with Crippen molar-refractivity contribution in [1.82, 2.24) is 4.98 Å². The molecule has 0 bridgehead atoms. The number of hydrogen-bond acceptors (Lipinski definition) is 3. The van der Waals surface area contributed by atoms with Gasteiger partial charge in [0.25, 0.3) is 0 Å². The van der Waals surface area contributed by atoms with E-state index in [-0.39, 0.29) is 0 Å². The zero-order chi connectivity index (χ0) is 9.52. The maximum Gasteiger partial charge on any atom is 0.412 e. The van der Waals surface area contributed by atoms with Crippen LogP contribution in [0.15, 0.2) is 24.4 Å². The summed E-state index contributed by atoms with van der Waals surface area (Å²) in [6.07, 6.45) is 1.96. The Morgan fingerprint density at radius 2 is 2.46 bits per heavy atom. The Balaban J connectivity index is 2.37. The number of carbonyl (C=O) groups is 1. The third-order valence-corrected chi connectivity index (χ3v) is 1.33. The molecule has 0 spiro atoms. The Morgan fingerprint density at radius 1 is 1.62 bits per heavy atom. The number of anilines is 1. The summed E-state index contributed by atoms with van der Waals surface area (Å²) in [5.41, 5.74) is 0. The van der Waals surface area contributed by atoms with E-state index in [0.29, 0.717) is 12.4 Å². The van der Waals surface area contributed by atoms with Crippen LogP contribution in [0.5, 0.6) is 0 Å². The third-order valence-electron chi connectivity index (χ3n) is 1.33. The van der Waals surface area contributed by atoms with E-state index in [0.717, 1.165) is 6.42 Å². The van der Waals surface area contributed by atoms with Gasteiger partial charge in [-0.3, -0.25) is 5.32 Å². The molecule has 1 aromatic heterocycles. The molecule has 0 saturated heterocycles. The first-order valence-electron chi connectivity index (χ1n) is 4.17. The van der Waals surface area contributed by atoms with Crippen molar-refractivity contribution in [1.29, 1.82) is 0 Å². The van der Waals surface area contributed by atoms with Gasteiger partial charge in [-0.2, -0.15) is 0 Å². The second kappa shape index (κ2) is 5.13. The quantitative estimate of drug-likeness (QED) is 0.774. The Labute approximate surface area is 76.9 Å². The first-order valence-corrected chi connectivity index (χ1v) is 4.17. The molecule has 1 heterocycles. The normalized spacial score (nSPS) is 9.31. The lowest BCUT2D eigenvalue weighted by Gasteiger charge is -2.03. The maximum absolute atomic E-state index is 11.0. The van der Waals surface area contributed by atoms with E-state index < -0.39 is 6.09 Å². The maximum atomic E-state index is 11.0. The van der Waals surface area contributed by atoms with Gasteiger partial charge in [0.1, 0.15) is 5.82 Å². The van der Waals surface area contributed by atoms with E-state index in [1.165, 1.54) is 0 Å². The second-order valence-corrected chi connectivity index (χ2v) is 2.48. The first-order chi connectivity index (χ1) is 6.33. The fraction of sp³-hybridized carbons (Fsp3) is 0.333. The lowest BCUT2D eigenvalue weighted by Crippen LogP contribution is -2.14. The summed E-state index contributed by atoms with van der Waals surface area (Å²) in [6.45, 7) is 2.37. The van der Waals surface area contributed by atoms with E-state index in [2.05, 4.69) is 10.3 Å². The minimum absolute atomic E-state index is 0.429. The number of carbonyl (C=O) groups excluding carboxylic acids is 1. The summed E-state index contributed by atoms with van der Waals surface area (Å²) in [4.78, 5) is 14.9. The highest BCUT2D eigenvalue weighted by Crippen LogP contribution is 2.00. The van der Waals surface area contributed by atoms with Crippen LogP contribution < -0.4 is 5.32 Å². The lowest BCUT2D eigenvalue weighted by atomic mass is 10.5. The fourth-order valence-electron chi connectivity index (χ4n) is 0.772. The second-order valence-electron chi connectivity index (χ2n) is 2.48. The van der Waals surface area contributed by atoms with Gasteiger partial charge in [-0.05, 0) is 18.6 Å². The minimum atomic E-state index is -0.458. The van der Waals surface area contributed by atoms with E-state index >= 15 is 0 Å². The van der Waals surface area contributed by atoms with Crippen molar-refractivity contribution in [3.8, 4) is 0 Å². The van der Waals surface area contributed by atoms with Crippen molar-refractivity contribution in [2.45, 2.75) is 13.3 Å². The number of aromatic nitrogens is 1. The number of ether oxygens (including phenoxy) is 1. The van der Waals surface area contributed by atoms with Crippen molar-refractivity contribution in [2.24, 2.45) is 0 Å². The molecule has 0 atom stereocenters. The molecular formula is C9H12N2O2. The van der Waals surface area contributed by atoms with Gasteiger partial charge in [-0.15, -0.1) is 0 Å². The molecule has 0 radical (unpaired) electrons. The smallest absolute Gasteiger partial charge is 0.412 e. The molecule has 0 aliphatic heterocycles. The van der Waals surface area contributed by atoms with Gasteiger partial charge in [0.15, 0.2) is 0 Å². The zero-order valence-corrected chi connectivity index (χ0v) is 7.49. The zero-order valence-electron chi connectivity index (χ0n) is 7.49. The van der Waals surface area contributed by atoms with Crippen molar-refractivity contribution in [3.63, 3.8) is 0 Å². The van der Waals surface area contributed by atoms with Gasteiger partial charge in [0.05, 0.1) is 6.61 Å². The van der Waals surface area contributed by atoms with Crippen molar-refractivity contribution < 1.29 is 9.53 Å². The van der Waals surface area contributed by atoms with E-state index in [9.17, 15) is 4.79 Å². The fourth-order valence-corrected chi connectivity index (χ4v) is 0.772. The molecule has 1 N–H and O–H groups in total. The van der Waals surface area contributed by atoms with Crippen molar-refractivity contribution >= 4 is 11.9 Å². The molecule has 1 rings (SSSR count). The standard InChI is InChI=1S/C9H12N2O2/c1-2-7-13-9(12)11-8-5-3-4-6-10-8/h3-6H,2,7H2,1H3,(H,10,11,12). The molecule has 1 amide bonds. The molecule has 0 saturated carbocycles. The summed E-state index contributed by atoms with van der Waals surface area (Å²) in [6, 6.07) is 5.28. The van der Waals surface area contributed by atoms with Crippen LogP contribution in [0.2, 0.25) is 0 Å². The molecule has 0 aliphatic carbocycles. The van der Waals surface area contributed by atoms with Gasteiger partial charge in [-0.25, -0.2) is 9.78 Å². The molecule has 1 aromatic rings. The van der Waals surface area contributed by atoms with E-state index in [1.807, 2.05) is 6.92 Å². The largest absolute Gasteiger partial charge is 0.449 e. The van der Waals surface area contributed by atoms with Gasteiger partial charge >= 0.3 is 6.09 Å². The SMILES string of the molecule is CCCOC(=O)Nc1ccccn1. The highest BCUT2D eigenvalue weighted by molar-refractivity contribution is 5.83. The Kier molecular flexibility index (Phi) is 3.75. The number of amides is 1. The molecular weight excluding hydrogens is 168 g/mol. The van der Waals surface area contributed by atoms with Crippen LogP contribution in [0.25, 0.3) is 0 Å². The number of nitrogens with zero attached hydrogens (tertiary/aromatic N) is 1. The Bertz CT molecular complexity index is 262. The van der Waals surface area contributed by atoms with E-state index in [4.69, 9.17) is 4.74 Å². The van der Waals surface area contributed by atoms with Crippen LogP contribution >= 0.6 is 0 Å². The highest BCUT2D eigenvalue weighted by Gasteiger charge is 2.01. The van der Waals surface area contributed by atoms with Crippen molar-refractivity contribution in [2.75, 3.05) is 11.9 Å². The summed E-state index contributed by atoms with van der Waals surface area (Å²) >= 11 is 0. The predicted octanol–water partition coefficient (Wildman–Crippen LogP) is 2.04. The number of rotatable bonds is 3. The Hall–Kier alpha value is -1.58. The average molecular weight is 180 g/mol. The third kappa shape index (κ3) is 3.55. The van der Waals surface area contributed by atoms with Crippen LogP contribution in [-0.2, 0) is 4.74 Å². The van der Waals surface area contributed by atoms with Crippen LogP contribution in [0.4, 0.5) is 10.6 Å². The number of hydrogen-bond donors (Lipinski definition) is 1. The lowest BCUT2D eigenvalue weighted by molar-refractivity contribution is 0.161. The molecule has 13 heavy (non-hydrogen) atoms. The van der Waals surface area contributed by atoms with E-state index in [1.54, 1.807) is 24.4 Å². The van der Waals surface area contributed by atoms with Crippen molar-refractivity contribution in [3.05, 3.63) is 24.4 Å². The van der Waals surface area contributed by atoms with Gasteiger partial charge in [0.2, 0.25) is 0 Å². The predicted molar refractivity (Wildman–Crippen MR) is 49.5 cm³/mol. The topological polar surface area (TPSA) is 51.2 Å². The van der Waals surface area contributed by atoms with Crippen LogP contribution in [-0.4, -0.2) is 17.7 Å². The van der Waals surface area contributed by atoms with Gasteiger partial charge in [0, 0.05) is 6.20 Å². The Morgan fingerprint density at radius 3 is 3.08 bits per heavy atom. The summed E-state index contributed by atoms with van der Waals surface area (Å²) in [5, 5.41) is 2.50. The highest BCUT2D eigenvalue weighted by atomic mass is 16.5. The monoisotopic (exact) mass is 180 g/mol. The summed E-state index contributed by atoms with van der Waals surface area (Å²) in [5.74, 6) is 0.503. The molecule has 0 fully saturated rings. The van der Waals surface area contributed by atoms with Crippen LogP contribution in [0, 0.1) is 0 Å². The number of nitrogens with one attached hydrogen (secondary N) is 1. The van der Waals surface area contributed by atoms with Crippen LogP contribution in [0.3, 0.4) is 0 Å². The molecule has 0 aliphatic rings. The van der Waals surface area contributed by atoms with Crippen LogP contribution in [0.1, 0.15) is 13.3 Å². The average Bonchev–Trinajstić information content (AvgIpc) is 2.16. The molecule has 4 nitrogen and oxygen atoms in total. The molecule has 0 aromatic carbocycles. The molecule has 0 unspecified atom stereocenters. The van der Waals surface area contributed by atoms with Gasteiger partial charge in [-0.1, -0.05) is 13.0 Å². The summed E-state index contributed by atoms with van der Waals surface area (Å²) < 4.78 is 4.81. The minimum Gasteiger partial charge on any atom is -0.449 e. The summed E-state index contributed by atoms with van der Waals surface area (Å²) in [7, 11) is 0. The molecule has 70 valence electrons. The molecule has 4 heteroatoms. The van der Waals surface area contributed by atoms with Gasteiger partial charge < -0.3 is 4.74 Å². The first kappa shape index (κ1) is 9.51.